The molecule has 0 bridgehead atoms. The van der Waals surface area contributed by atoms with Crippen molar-refractivity contribution in [2.75, 3.05) is 11.9 Å². The van der Waals surface area contributed by atoms with Crippen LogP contribution >= 0.6 is 23.2 Å². The maximum Gasteiger partial charge on any atom is 0.226 e. The molecule has 1 N–H and O–H groups in total. The molecule has 1 aromatic carbocycles. The fourth-order valence-electron chi connectivity index (χ4n) is 1.98. The van der Waals surface area contributed by atoms with E-state index in [9.17, 15) is 9.59 Å². The smallest absolute Gasteiger partial charge is 0.226 e. The largest absolute Gasteiger partial charge is 0.338 e. The van der Waals surface area contributed by atoms with Gasteiger partial charge in [-0.1, -0.05) is 23.2 Å². The molecule has 4 nitrogen and oxygen atoms in total. The molecule has 0 saturated heterocycles. The molecule has 0 heterocycles. The summed E-state index contributed by atoms with van der Waals surface area (Å²) in [6.07, 6.45) is 0.204. The van der Waals surface area contributed by atoms with Gasteiger partial charge in [0, 0.05) is 30.5 Å². The Morgan fingerprint density at radius 2 is 1.86 bits per heavy atom. The van der Waals surface area contributed by atoms with Gasteiger partial charge in [0.15, 0.2) is 0 Å². The van der Waals surface area contributed by atoms with Crippen LogP contribution in [0.2, 0.25) is 10.0 Å². The minimum Gasteiger partial charge on any atom is -0.338 e. The number of rotatable bonds is 4. The van der Waals surface area contributed by atoms with Gasteiger partial charge in [0.2, 0.25) is 11.8 Å². The number of carbonyl (C=O) groups is 2. The predicted octanol–water partition coefficient (Wildman–Crippen LogP) is 3.97. The van der Waals surface area contributed by atoms with Crippen molar-refractivity contribution in [3.63, 3.8) is 0 Å². The van der Waals surface area contributed by atoms with Crippen molar-refractivity contribution in [3.05, 3.63) is 28.2 Å². The first-order valence-electron chi connectivity index (χ1n) is 6.64. The topological polar surface area (TPSA) is 49.4 Å². The lowest BCUT2D eigenvalue weighted by Gasteiger charge is -2.34. The second-order valence-electron chi connectivity index (χ2n) is 5.76. The summed E-state index contributed by atoms with van der Waals surface area (Å²) in [6.45, 7) is 7.65. The van der Waals surface area contributed by atoms with E-state index in [0.29, 0.717) is 22.3 Å². The van der Waals surface area contributed by atoms with Crippen LogP contribution in [0, 0.1) is 0 Å². The third kappa shape index (κ3) is 5.56. The van der Waals surface area contributed by atoms with E-state index in [1.54, 1.807) is 23.1 Å². The Kier molecular flexibility index (Phi) is 6.05. The van der Waals surface area contributed by atoms with Crippen molar-refractivity contribution in [3.8, 4) is 0 Å². The van der Waals surface area contributed by atoms with Crippen LogP contribution in [0.3, 0.4) is 0 Å². The van der Waals surface area contributed by atoms with Crippen LogP contribution in [0.5, 0.6) is 0 Å². The van der Waals surface area contributed by atoms with Gasteiger partial charge in [-0.15, -0.1) is 0 Å². The number of nitrogens with zero attached hydrogens (tertiary/aromatic N) is 1. The van der Waals surface area contributed by atoms with Gasteiger partial charge in [0.05, 0.1) is 10.7 Å². The molecular weight excluding hydrogens is 311 g/mol. The molecule has 0 aliphatic carbocycles. The van der Waals surface area contributed by atoms with E-state index in [0.717, 1.165) is 0 Å². The van der Waals surface area contributed by atoms with E-state index >= 15 is 0 Å². The molecular formula is C15H20Cl2N2O2. The molecule has 0 aromatic heterocycles. The maximum atomic E-state index is 12.0. The molecule has 116 valence electrons. The lowest BCUT2D eigenvalue weighted by molar-refractivity contribution is -0.134. The molecule has 0 aliphatic rings. The van der Waals surface area contributed by atoms with Gasteiger partial charge in [-0.2, -0.15) is 0 Å². The Morgan fingerprint density at radius 1 is 1.24 bits per heavy atom. The van der Waals surface area contributed by atoms with E-state index < -0.39 is 0 Å². The average Bonchev–Trinajstić information content (AvgIpc) is 2.30. The van der Waals surface area contributed by atoms with Crippen LogP contribution in [0.4, 0.5) is 5.69 Å². The average molecular weight is 331 g/mol. The lowest BCUT2D eigenvalue weighted by Crippen LogP contribution is -2.45. The molecule has 0 radical (unpaired) electrons. The van der Waals surface area contributed by atoms with Gasteiger partial charge >= 0.3 is 0 Å². The monoisotopic (exact) mass is 330 g/mol. The molecule has 0 saturated carbocycles. The maximum absolute atomic E-state index is 12.0. The number of nitrogens with one attached hydrogen (secondary N) is 1. The fourth-order valence-corrected chi connectivity index (χ4v) is 2.44. The SMILES string of the molecule is CC(=O)N(CCC(=O)Nc1ccc(Cl)cc1Cl)C(C)(C)C. The minimum atomic E-state index is -0.315. The van der Waals surface area contributed by atoms with Crippen LogP contribution in [0.15, 0.2) is 18.2 Å². The van der Waals surface area contributed by atoms with Gasteiger partial charge in [-0.3, -0.25) is 9.59 Å². The van der Waals surface area contributed by atoms with Crippen molar-refractivity contribution in [2.45, 2.75) is 39.7 Å². The summed E-state index contributed by atoms with van der Waals surface area (Å²) in [5.41, 5.74) is 0.195. The van der Waals surface area contributed by atoms with Gasteiger partial charge < -0.3 is 10.2 Å². The highest BCUT2D eigenvalue weighted by Gasteiger charge is 2.24. The highest BCUT2D eigenvalue weighted by molar-refractivity contribution is 6.36. The van der Waals surface area contributed by atoms with Crippen LogP contribution in [-0.2, 0) is 9.59 Å². The van der Waals surface area contributed by atoms with E-state index in [1.165, 1.54) is 6.92 Å². The Bertz CT molecular complexity index is 539. The molecule has 21 heavy (non-hydrogen) atoms. The van der Waals surface area contributed by atoms with Crippen LogP contribution in [0.1, 0.15) is 34.1 Å². The van der Waals surface area contributed by atoms with E-state index in [4.69, 9.17) is 23.2 Å². The molecule has 1 aromatic rings. The van der Waals surface area contributed by atoms with Crippen molar-refractivity contribution < 1.29 is 9.59 Å². The molecule has 0 atom stereocenters. The Morgan fingerprint density at radius 3 is 2.33 bits per heavy atom. The molecule has 0 unspecified atom stereocenters. The molecule has 1 rings (SSSR count). The molecule has 2 amide bonds. The van der Waals surface area contributed by atoms with E-state index in [2.05, 4.69) is 5.32 Å². The summed E-state index contributed by atoms with van der Waals surface area (Å²) < 4.78 is 0. The number of carbonyl (C=O) groups excluding carboxylic acids is 2. The fraction of sp³-hybridized carbons (Fsp3) is 0.467. The van der Waals surface area contributed by atoms with E-state index in [-0.39, 0.29) is 23.8 Å². The third-order valence-corrected chi connectivity index (χ3v) is 3.51. The number of halogens is 2. The zero-order chi connectivity index (χ0) is 16.2. The minimum absolute atomic E-state index is 0.0557. The Balaban J connectivity index is 2.63. The zero-order valence-electron chi connectivity index (χ0n) is 12.7. The summed E-state index contributed by atoms with van der Waals surface area (Å²) in [6, 6.07) is 4.87. The van der Waals surface area contributed by atoms with Gasteiger partial charge in [0.25, 0.3) is 0 Å². The summed E-state index contributed by atoms with van der Waals surface area (Å²) in [7, 11) is 0. The first kappa shape index (κ1) is 17.8. The molecule has 0 aliphatic heterocycles. The first-order valence-corrected chi connectivity index (χ1v) is 7.40. The van der Waals surface area contributed by atoms with Crippen LogP contribution in [-0.4, -0.2) is 28.8 Å². The quantitative estimate of drug-likeness (QED) is 0.907. The standard InChI is InChI=1S/C15H20Cl2N2O2/c1-10(20)19(15(2,3)4)8-7-14(21)18-13-6-5-11(16)9-12(13)17/h5-6,9H,7-8H2,1-4H3,(H,18,21). The number of hydrogen-bond acceptors (Lipinski definition) is 2. The van der Waals surface area contributed by atoms with Gasteiger partial charge in [-0.05, 0) is 39.0 Å². The van der Waals surface area contributed by atoms with Crippen molar-refractivity contribution in [2.24, 2.45) is 0 Å². The van der Waals surface area contributed by atoms with Crippen molar-refractivity contribution in [1.82, 2.24) is 4.90 Å². The molecule has 0 spiro atoms. The Hall–Kier alpha value is -1.26. The second-order valence-corrected chi connectivity index (χ2v) is 6.61. The number of anilines is 1. The highest BCUT2D eigenvalue weighted by Crippen LogP contribution is 2.25. The lowest BCUT2D eigenvalue weighted by atomic mass is 10.1. The predicted molar refractivity (Wildman–Crippen MR) is 86.8 cm³/mol. The summed E-state index contributed by atoms with van der Waals surface area (Å²) in [5.74, 6) is -0.255. The summed E-state index contributed by atoms with van der Waals surface area (Å²) >= 11 is 11.8. The summed E-state index contributed by atoms with van der Waals surface area (Å²) in [4.78, 5) is 25.2. The zero-order valence-corrected chi connectivity index (χ0v) is 14.2. The molecule has 6 heteroatoms. The molecule has 0 fully saturated rings. The number of benzene rings is 1. The number of amides is 2. The third-order valence-electron chi connectivity index (χ3n) is 2.96. The van der Waals surface area contributed by atoms with Crippen molar-refractivity contribution >= 4 is 40.7 Å². The normalized spacial score (nSPS) is 11.1. The van der Waals surface area contributed by atoms with Crippen LogP contribution in [0.25, 0.3) is 0 Å². The van der Waals surface area contributed by atoms with E-state index in [1.807, 2.05) is 20.8 Å². The first-order chi connectivity index (χ1) is 9.61. The second kappa shape index (κ2) is 7.14. The Labute approximate surface area is 135 Å². The van der Waals surface area contributed by atoms with Gasteiger partial charge in [0.1, 0.15) is 0 Å². The van der Waals surface area contributed by atoms with Gasteiger partial charge in [-0.25, -0.2) is 0 Å². The highest BCUT2D eigenvalue weighted by atomic mass is 35.5. The number of hydrogen-bond donors (Lipinski definition) is 1. The van der Waals surface area contributed by atoms with Crippen LogP contribution < -0.4 is 5.32 Å². The summed E-state index contributed by atoms with van der Waals surface area (Å²) in [5, 5.41) is 3.61. The van der Waals surface area contributed by atoms with Crippen molar-refractivity contribution in [1.29, 1.82) is 0 Å².